The van der Waals surface area contributed by atoms with Crippen molar-refractivity contribution >= 4 is 11.6 Å². The fraction of sp³-hybridized carbons (Fsp3) is 0.200. The van der Waals surface area contributed by atoms with Gasteiger partial charge in [-0.2, -0.15) is 13.2 Å². The third-order valence-corrected chi connectivity index (χ3v) is 3.80. The molecule has 2 heterocycles. The average molecular weight is 403 g/mol. The SMILES string of the molecule is Cc1nnc(Oc2cc(-n3c(=O)cc(C(F)(F)F)n(C)c3=O)ccc2Cl)o1. The number of hydrogen-bond acceptors (Lipinski definition) is 6. The Hall–Kier alpha value is -3.08. The lowest BCUT2D eigenvalue weighted by Gasteiger charge is -2.14. The van der Waals surface area contributed by atoms with Crippen LogP contribution in [0.15, 0.2) is 38.3 Å². The largest absolute Gasteiger partial charge is 0.431 e. The highest BCUT2D eigenvalue weighted by molar-refractivity contribution is 6.32. The Morgan fingerprint density at radius 2 is 1.89 bits per heavy atom. The van der Waals surface area contributed by atoms with E-state index in [0.29, 0.717) is 15.2 Å². The van der Waals surface area contributed by atoms with E-state index in [0.717, 1.165) is 7.05 Å². The van der Waals surface area contributed by atoms with Gasteiger partial charge in [0.25, 0.3) is 5.56 Å². The van der Waals surface area contributed by atoms with Crippen LogP contribution in [0.4, 0.5) is 13.2 Å². The van der Waals surface area contributed by atoms with E-state index in [1.807, 2.05) is 0 Å². The summed E-state index contributed by atoms with van der Waals surface area (Å²) in [5.41, 5.74) is -3.76. The molecular formula is C15H10ClF3N4O4. The predicted octanol–water partition coefficient (Wildman–Crippen LogP) is 2.69. The summed E-state index contributed by atoms with van der Waals surface area (Å²) in [6.07, 6.45) is -5.09. The number of nitrogens with zero attached hydrogens (tertiary/aromatic N) is 4. The van der Waals surface area contributed by atoms with E-state index in [9.17, 15) is 22.8 Å². The molecule has 0 saturated carbocycles. The normalized spacial score (nSPS) is 11.6. The molecular weight excluding hydrogens is 393 g/mol. The second kappa shape index (κ2) is 6.58. The number of halogens is 4. The Balaban J connectivity index is 2.12. The third-order valence-electron chi connectivity index (χ3n) is 3.49. The molecule has 0 radical (unpaired) electrons. The number of hydrogen-bond donors (Lipinski definition) is 0. The van der Waals surface area contributed by atoms with Crippen LogP contribution in [-0.2, 0) is 13.2 Å². The molecule has 0 amide bonds. The van der Waals surface area contributed by atoms with Crippen LogP contribution in [-0.4, -0.2) is 19.3 Å². The fourth-order valence-corrected chi connectivity index (χ4v) is 2.41. The van der Waals surface area contributed by atoms with E-state index in [2.05, 4.69) is 10.2 Å². The first-order chi connectivity index (χ1) is 12.6. The van der Waals surface area contributed by atoms with Crippen molar-refractivity contribution in [1.29, 1.82) is 0 Å². The Bertz CT molecular complexity index is 1130. The Morgan fingerprint density at radius 1 is 1.19 bits per heavy atom. The molecule has 3 rings (SSSR count). The van der Waals surface area contributed by atoms with E-state index in [-0.39, 0.29) is 28.4 Å². The summed E-state index contributed by atoms with van der Waals surface area (Å²) in [6.45, 7) is 1.53. The van der Waals surface area contributed by atoms with Crippen molar-refractivity contribution in [3.63, 3.8) is 0 Å². The standard InChI is InChI=1S/C15H10ClF3N4O4/c1-7-20-21-13(26-7)27-10-5-8(3-4-9(10)16)23-12(24)6-11(15(17,18)19)22(2)14(23)25/h3-6H,1-2H3. The summed E-state index contributed by atoms with van der Waals surface area (Å²) in [7, 11) is 0.912. The molecule has 3 aromatic rings. The van der Waals surface area contributed by atoms with Crippen molar-refractivity contribution in [3.05, 3.63) is 61.7 Å². The number of aryl methyl sites for hydroxylation is 1. The second-order valence-electron chi connectivity index (χ2n) is 5.35. The summed E-state index contributed by atoms with van der Waals surface area (Å²) in [5, 5.41) is 7.27. The van der Waals surface area contributed by atoms with E-state index in [4.69, 9.17) is 20.8 Å². The molecule has 27 heavy (non-hydrogen) atoms. The lowest BCUT2D eigenvalue weighted by Crippen LogP contribution is -2.40. The van der Waals surface area contributed by atoms with Gasteiger partial charge in [0, 0.05) is 26.1 Å². The molecule has 8 nitrogen and oxygen atoms in total. The molecule has 0 fully saturated rings. The molecule has 0 saturated heterocycles. The number of rotatable bonds is 3. The van der Waals surface area contributed by atoms with Crippen LogP contribution in [0.3, 0.4) is 0 Å². The Labute approximate surface area is 153 Å². The van der Waals surface area contributed by atoms with E-state index >= 15 is 0 Å². The van der Waals surface area contributed by atoms with Crippen LogP contribution < -0.4 is 16.0 Å². The minimum atomic E-state index is -4.85. The quantitative estimate of drug-likeness (QED) is 0.669. The van der Waals surface area contributed by atoms with Crippen LogP contribution in [0.1, 0.15) is 11.6 Å². The maximum Gasteiger partial charge on any atom is 0.431 e. The zero-order valence-corrected chi connectivity index (χ0v) is 14.5. The van der Waals surface area contributed by atoms with E-state index in [1.165, 1.54) is 25.1 Å². The minimum Gasteiger partial charge on any atom is -0.408 e. The third kappa shape index (κ3) is 3.58. The second-order valence-corrected chi connectivity index (χ2v) is 5.75. The molecule has 0 aliphatic heterocycles. The van der Waals surface area contributed by atoms with Crippen LogP contribution in [0.2, 0.25) is 5.02 Å². The highest BCUT2D eigenvalue weighted by atomic mass is 35.5. The molecule has 12 heteroatoms. The zero-order valence-electron chi connectivity index (χ0n) is 13.7. The van der Waals surface area contributed by atoms with Crippen molar-refractivity contribution < 1.29 is 22.3 Å². The van der Waals surface area contributed by atoms with Gasteiger partial charge in [0.05, 0.1) is 10.7 Å². The van der Waals surface area contributed by atoms with Gasteiger partial charge in [-0.25, -0.2) is 9.36 Å². The molecule has 142 valence electrons. The van der Waals surface area contributed by atoms with Gasteiger partial charge in [0.15, 0.2) is 5.75 Å². The van der Waals surface area contributed by atoms with Crippen molar-refractivity contribution in [2.75, 3.05) is 0 Å². The number of ether oxygens (including phenoxy) is 1. The van der Waals surface area contributed by atoms with Gasteiger partial charge in [0.2, 0.25) is 5.89 Å². The number of aromatic nitrogens is 4. The topological polar surface area (TPSA) is 92.2 Å². The zero-order chi connectivity index (χ0) is 19.9. The minimum absolute atomic E-state index is 0.0355. The van der Waals surface area contributed by atoms with Gasteiger partial charge in [-0.15, -0.1) is 5.10 Å². The van der Waals surface area contributed by atoms with Gasteiger partial charge in [-0.3, -0.25) is 9.36 Å². The number of benzene rings is 1. The van der Waals surface area contributed by atoms with E-state index in [1.54, 1.807) is 0 Å². The molecule has 0 atom stereocenters. The van der Waals surface area contributed by atoms with Gasteiger partial charge >= 0.3 is 17.9 Å². The maximum atomic E-state index is 12.9. The molecule has 0 aliphatic carbocycles. The molecule has 0 bridgehead atoms. The summed E-state index contributed by atoms with van der Waals surface area (Å²) in [4.78, 5) is 24.5. The number of alkyl halides is 3. The van der Waals surface area contributed by atoms with Gasteiger partial charge in [-0.05, 0) is 12.1 Å². The lowest BCUT2D eigenvalue weighted by molar-refractivity contribution is -0.144. The molecule has 0 aliphatic rings. The van der Waals surface area contributed by atoms with Crippen molar-refractivity contribution in [2.45, 2.75) is 13.1 Å². The molecule has 2 aromatic heterocycles. The van der Waals surface area contributed by atoms with Crippen LogP contribution in [0.25, 0.3) is 5.69 Å². The molecule has 1 aromatic carbocycles. The van der Waals surface area contributed by atoms with Gasteiger partial charge < -0.3 is 9.15 Å². The van der Waals surface area contributed by atoms with Gasteiger partial charge in [-0.1, -0.05) is 16.7 Å². The smallest absolute Gasteiger partial charge is 0.408 e. The monoisotopic (exact) mass is 402 g/mol. The van der Waals surface area contributed by atoms with Crippen molar-refractivity contribution in [3.8, 4) is 17.5 Å². The van der Waals surface area contributed by atoms with E-state index < -0.39 is 23.1 Å². The Morgan fingerprint density at radius 3 is 2.48 bits per heavy atom. The summed E-state index contributed by atoms with van der Waals surface area (Å²) in [6, 6.07) is 4.11. The highest BCUT2D eigenvalue weighted by Crippen LogP contribution is 2.31. The first-order valence-corrected chi connectivity index (χ1v) is 7.64. The first-order valence-electron chi connectivity index (χ1n) is 7.26. The molecule has 0 spiro atoms. The lowest BCUT2D eigenvalue weighted by atomic mass is 10.3. The maximum absolute atomic E-state index is 12.9. The van der Waals surface area contributed by atoms with Crippen molar-refractivity contribution in [1.82, 2.24) is 19.3 Å². The molecule has 0 unspecified atom stereocenters. The van der Waals surface area contributed by atoms with Crippen molar-refractivity contribution in [2.24, 2.45) is 7.05 Å². The van der Waals surface area contributed by atoms with Crippen LogP contribution in [0.5, 0.6) is 11.8 Å². The fourth-order valence-electron chi connectivity index (χ4n) is 2.26. The Kier molecular flexibility index (Phi) is 4.56. The average Bonchev–Trinajstić information content (AvgIpc) is 2.98. The predicted molar refractivity (Wildman–Crippen MR) is 86.4 cm³/mol. The van der Waals surface area contributed by atoms with Crippen LogP contribution >= 0.6 is 11.6 Å². The molecule has 0 N–H and O–H groups in total. The first kappa shape index (κ1) is 18.7. The van der Waals surface area contributed by atoms with Crippen LogP contribution in [0, 0.1) is 6.92 Å². The summed E-state index contributed by atoms with van der Waals surface area (Å²) in [5.74, 6) is 0.191. The summed E-state index contributed by atoms with van der Waals surface area (Å²) < 4.78 is 50.0. The van der Waals surface area contributed by atoms with Gasteiger partial charge in [0.1, 0.15) is 5.69 Å². The highest BCUT2D eigenvalue weighted by Gasteiger charge is 2.35. The summed E-state index contributed by atoms with van der Waals surface area (Å²) >= 11 is 6.00.